The van der Waals surface area contributed by atoms with Crippen molar-refractivity contribution in [3.63, 3.8) is 0 Å². The molecule has 0 aromatic heterocycles. The number of halogens is 1. The highest BCUT2D eigenvalue weighted by atomic mass is 35.5. The number of amides is 1. The SMILES string of the molecule is O=C(O)c1ccc2c(c1)CC(=O)N2Cc1ccc(Cl)cc1. The van der Waals surface area contributed by atoms with Crippen molar-refractivity contribution in [2.45, 2.75) is 13.0 Å². The van der Waals surface area contributed by atoms with Crippen molar-refractivity contribution >= 4 is 29.2 Å². The Morgan fingerprint density at radius 3 is 2.57 bits per heavy atom. The first-order valence-electron chi connectivity index (χ1n) is 6.45. The highest BCUT2D eigenvalue weighted by molar-refractivity contribution is 6.30. The maximum absolute atomic E-state index is 12.1. The lowest BCUT2D eigenvalue weighted by Gasteiger charge is -2.17. The molecule has 0 unspecified atom stereocenters. The van der Waals surface area contributed by atoms with Crippen LogP contribution in [0.4, 0.5) is 5.69 Å². The van der Waals surface area contributed by atoms with Gasteiger partial charge in [-0.3, -0.25) is 4.79 Å². The average Bonchev–Trinajstić information content (AvgIpc) is 2.76. The van der Waals surface area contributed by atoms with Crippen molar-refractivity contribution in [3.8, 4) is 0 Å². The highest BCUT2D eigenvalue weighted by Gasteiger charge is 2.27. The van der Waals surface area contributed by atoms with Gasteiger partial charge >= 0.3 is 5.97 Å². The zero-order valence-electron chi connectivity index (χ0n) is 11.0. The standard InChI is InChI=1S/C16H12ClNO3/c17-13-4-1-10(2-5-13)9-18-14-6-3-11(16(20)21)7-12(14)8-15(18)19/h1-7H,8-9H2,(H,20,21). The van der Waals surface area contributed by atoms with E-state index in [4.69, 9.17) is 16.7 Å². The molecule has 21 heavy (non-hydrogen) atoms. The van der Waals surface area contributed by atoms with Crippen LogP contribution in [0.25, 0.3) is 0 Å². The Balaban J connectivity index is 1.90. The number of carbonyl (C=O) groups excluding carboxylic acids is 1. The van der Waals surface area contributed by atoms with E-state index < -0.39 is 5.97 Å². The minimum atomic E-state index is -0.985. The summed E-state index contributed by atoms with van der Waals surface area (Å²) in [7, 11) is 0. The second-order valence-electron chi connectivity index (χ2n) is 4.93. The van der Waals surface area contributed by atoms with Crippen molar-refractivity contribution in [2.24, 2.45) is 0 Å². The molecule has 2 aromatic rings. The zero-order valence-corrected chi connectivity index (χ0v) is 11.8. The third-order valence-electron chi connectivity index (χ3n) is 3.51. The quantitative estimate of drug-likeness (QED) is 0.947. The van der Waals surface area contributed by atoms with Crippen LogP contribution in [0, 0.1) is 0 Å². The van der Waals surface area contributed by atoms with E-state index in [0.717, 1.165) is 16.8 Å². The molecule has 0 saturated carbocycles. The Morgan fingerprint density at radius 2 is 1.90 bits per heavy atom. The monoisotopic (exact) mass is 301 g/mol. The molecule has 0 fully saturated rings. The van der Waals surface area contributed by atoms with Crippen LogP contribution in [0.2, 0.25) is 5.02 Å². The van der Waals surface area contributed by atoms with Gasteiger partial charge in [0.05, 0.1) is 18.5 Å². The molecule has 0 atom stereocenters. The molecule has 1 aliphatic rings. The van der Waals surface area contributed by atoms with E-state index in [1.807, 2.05) is 12.1 Å². The van der Waals surface area contributed by atoms with Gasteiger partial charge in [-0.1, -0.05) is 23.7 Å². The smallest absolute Gasteiger partial charge is 0.335 e. The zero-order chi connectivity index (χ0) is 15.0. The molecule has 0 bridgehead atoms. The highest BCUT2D eigenvalue weighted by Crippen LogP contribution is 2.31. The number of carbonyl (C=O) groups is 2. The number of benzene rings is 2. The number of anilines is 1. The lowest BCUT2D eigenvalue weighted by Crippen LogP contribution is -2.25. The molecule has 1 N–H and O–H groups in total. The maximum atomic E-state index is 12.1. The van der Waals surface area contributed by atoms with Gasteiger partial charge in [-0.2, -0.15) is 0 Å². The number of rotatable bonds is 3. The fraction of sp³-hybridized carbons (Fsp3) is 0.125. The molecule has 3 rings (SSSR count). The third-order valence-corrected chi connectivity index (χ3v) is 3.77. The molecule has 4 nitrogen and oxygen atoms in total. The minimum Gasteiger partial charge on any atom is -0.478 e. The van der Waals surface area contributed by atoms with Crippen LogP contribution in [0.15, 0.2) is 42.5 Å². The lowest BCUT2D eigenvalue weighted by molar-refractivity contribution is -0.117. The number of aromatic carboxylic acids is 1. The summed E-state index contributed by atoms with van der Waals surface area (Å²) in [5, 5.41) is 9.65. The molecule has 1 amide bonds. The fourth-order valence-electron chi connectivity index (χ4n) is 2.46. The van der Waals surface area contributed by atoms with E-state index >= 15 is 0 Å². The summed E-state index contributed by atoms with van der Waals surface area (Å²) in [4.78, 5) is 24.8. The van der Waals surface area contributed by atoms with Gasteiger partial charge in [0.2, 0.25) is 5.91 Å². The average molecular weight is 302 g/mol. The Morgan fingerprint density at radius 1 is 1.19 bits per heavy atom. The first-order valence-corrected chi connectivity index (χ1v) is 6.83. The summed E-state index contributed by atoms with van der Waals surface area (Å²) in [6.45, 7) is 0.454. The van der Waals surface area contributed by atoms with Crippen LogP contribution in [0.1, 0.15) is 21.5 Å². The van der Waals surface area contributed by atoms with Gasteiger partial charge < -0.3 is 10.0 Å². The molecular formula is C16H12ClNO3. The second kappa shape index (κ2) is 5.22. The summed E-state index contributed by atoms with van der Waals surface area (Å²) in [5.74, 6) is -1.01. The van der Waals surface area contributed by atoms with Crippen molar-refractivity contribution in [1.29, 1.82) is 0 Å². The van der Waals surface area contributed by atoms with E-state index in [0.29, 0.717) is 11.6 Å². The Bertz CT molecular complexity index is 725. The van der Waals surface area contributed by atoms with Gasteiger partial charge in [-0.15, -0.1) is 0 Å². The number of hydrogen-bond donors (Lipinski definition) is 1. The van der Waals surface area contributed by atoms with E-state index in [1.165, 1.54) is 6.07 Å². The van der Waals surface area contributed by atoms with Crippen LogP contribution in [-0.2, 0) is 17.8 Å². The largest absolute Gasteiger partial charge is 0.478 e. The van der Waals surface area contributed by atoms with Gasteiger partial charge in [0.15, 0.2) is 0 Å². The summed E-state index contributed by atoms with van der Waals surface area (Å²) in [6, 6.07) is 12.1. The molecule has 1 aliphatic heterocycles. The Kier molecular flexibility index (Phi) is 3.39. The topological polar surface area (TPSA) is 57.6 Å². The second-order valence-corrected chi connectivity index (χ2v) is 5.37. The van der Waals surface area contributed by atoms with Gasteiger partial charge in [0.1, 0.15) is 0 Å². The van der Waals surface area contributed by atoms with Crippen molar-refractivity contribution < 1.29 is 14.7 Å². The summed E-state index contributed by atoms with van der Waals surface area (Å²) in [6.07, 6.45) is 0.240. The maximum Gasteiger partial charge on any atom is 0.335 e. The van der Waals surface area contributed by atoms with E-state index in [-0.39, 0.29) is 17.9 Å². The van der Waals surface area contributed by atoms with Crippen molar-refractivity contribution in [2.75, 3.05) is 4.90 Å². The molecule has 0 spiro atoms. The predicted molar refractivity (Wildman–Crippen MR) is 79.7 cm³/mol. The Hall–Kier alpha value is -2.33. The normalized spacial score (nSPS) is 13.4. The van der Waals surface area contributed by atoms with Crippen LogP contribution < -0.4 is 4.90 Å². The predicted octanol–water partition coefficient (Wildman–Crippen LogP) is 3.13. The van der Waals surface area contributed by atoms with Crippen molar-refractivity contribution in [1.82, 2.24) is 0 Å². The fourth-order valence-corrected chi connectivity index (χ4v) is 2.59. The molecule has 0 saturated heterocycles. The molecule has 2 aromatic carbocycles. The van der Waals surface area contributed by atoms with Gasteiger partial charge in [-0.05, 0) is 41.5 Å². The summed E-state index contributed by atoms with van der Waals surface area (Å²) < 4.78 is 0. The summed E-state index contributed by atoms with van der Waals surface area (Å²) in [5.41, 5.74) is 2.71. The van der Waals surface area contributed by atoms with Gasteiger partial charge in [0, 0.05) is 10.7 Å². The first-order chi connectivity index (χ1) is 10.0. The van der Waals surface area contributed by atoms with Crippen LogP contribution in [0.3, 0.4) is 0 Å². The van der Waals surface area contributed by atoms with Crippen molar-refractivity contribution in [3.05, 3.63) is 64.2 Å². The molecule has 106 valence electrons. The van der Waals surface area contributed by atoms with E-state index in [9.17, 15) is 9.59 Å². The van der Waals surface area contributed by atoms with Crippen LogP contribution in [-0.4, -0.2) is 17.0 Å². The van der Waals surface area contributed by atoms with Gasteiger partial charge in [-0.25, -0.2) is 4.79 Å². The number of carboxylic acid groups (broad SMARTS) is 1. The number of fused-ring (bicyclic) bond motifs is 1. The van der Waals surface area contributed by atoms with E-state index in [2.05, 4.69) is 0 Å². The van der Waals surface area contributed by atoms with Gasteiger partial charge in [0.25, 0.3) is 0 Å². The Labute approximate surface area is 126 Å². The molecule has 0 radical (unpaired) electrons. The van der Waals surface area contributed by atoms with E-state index in [1.54, 1.807) is 29.2 Å². The molecule has 0 aliphatic carbocycles. The van der Waals surface area contributed by atoms with Crippen LogP contribution >= 0.6 is 11.6 Å². The van der Waals surface area contributed by atoms with Crippen LogP contribution in [0.5, 0.6) is 0 Å². The lowest BCUT2D eigenvalue weighted by atomic mass is 10.1. The number of carboxylic acids is 1. The molecule has 5 heteroatoms. The number of hydrogen-bond acceptors (Lipinski definition) is 2. The number of nitrogens with zero attached hydrogens (tertiary/aromatic N) is 1. The minimum absolute atomic E-state index is 0.0255. The third kappa shape index (κ3) is 2.62. The summed E-state index contributed by atoms with van der Waals surface area (Å²) >= 11 is 5.85. The first kappa shape index (κ1) is 13.6. The molecular weight excluding hydrogens is 290 g/mol. The molecule has 1 heterocycles.